The summed E-state index contributed by atoms with van der Waals surface area (Å²) in [4.78, 5) is 8.49. The van der Waals surface area contributed by atoms with Crippen LogP contribution in [0.4, 0.5) is 5.69 Å². The highest BCUT2D eigenvalue weighted by Crippen LogP contribution is 2.18. The third kappa shape index (κ3) is 3.70. The van der Waals surface area contributed by atoms with E-state index in [2.05, 4.69) is 9.98 Å². The molecule has 1 aromatic carbocycles. The maximum absolute atomic E-state index is 5.57. The average molecular weight is 240 g/mol. The van der Waals surface area contributed by atoms with Crippen LogP contribution in [0, 0.1) is 0 Å². The van der Waals surface area contributed by atoms with Crippen LogP contribution in [0.15, 0.2) is 53.8 Å². The highest BCUT2D eigenvalue weighted by Gasteiger charge is 1.98. The molecule has 0 aliphatic rings. The summed E-state index contributed by atoms with van der Waals surface area (Å²) in [5.74, 6) is 0.743. The van der Waals surface area contributed by atoms with Gasteiger partial charge in [-0.15, -0.1) is 0 Å². The van der Waals surface area contributed by atoms with E-state index >= 15 is 0 Å². The molecule has 2 rings (SSSR count). The van der Waals surface area contributed by atoms with Crippen molar-refractivity contribution in [3.8, 4) is 5.75 Å². The predicted octanol–water partition coefficient (Wildman–Crippen LogP) is 3.62. The summed E-state index contributed by atoms with van der Waals surface area (Å²) in [5.41, 5.74) is 1.85. The van der Waals surface area contributed by atoms with Crippen LogP contribution < -0.4 is 4.74 Å². The summed E-state index contributed by atoms with van der Waals surface area (Å²) in [6.45, 7) is 3.97. The van der Waals surface area contributed by atoms with E-state index in [4.69, 9.17) is 4.74 Å². The van der Waals surface area contributed by atoms with Gasteiger partial charge < -0.3 is 4.74 Å². The molecule has 0 saturated carbocycles. The maximum Gasteiger partial charge on any atom is 0.140 e. The first-order chi connectivity index (χ1) is 8.74. The van der Waals surface area contributed by atoms with E-state index < -0.39 is 0 Å². The maximum atomic E-state index is 5.57. The third-order valence-electron chi connectivity index (χ3n) is 2.23. The molecule has 0 saturated heterocycles. The quantitative estimate of drug-likeness (QED) is 0.765. The average Bonchev–Trinajstić information content (AvgIpc) is 2.37. The molecular weight excluding hydrogens is 224 g/mol. The molecule has 0 radical (unpaired) electrons. The minimum Gasteiger partial charge on any atom is -0.489 e. The van der Waals surface area contributed by atoms with Gasteiger partial charge in [0.05, 0.1) is 24.2 Å². The van der Waals surface area contributed by atoms with Crippen LogP contribution >= 0.6 is 0 Å². The third-order valence-corrected chi connectivity index (χ3v) is 2.23. The van der Waals surface area contributed by atoms with Gasteiger partial charge in [0.2, 0.25) is 0 Å². The molecule has 3 heteroatoms. The fourth-order valence-corrected chi connectivity index (χ4v) is 1.50. The van der Waals surface area contributed by atoms with Crippen molar-refractivity contribution in [2.45, 2.75) is 20.0 Å². The molecule has 1 heterocycles. The number of ether oxygens (including phenoxy) is 1. The number of pyridine rings is 1. The molecule has 0 amide bonds. The second kappa shape index (κ2) is 5.96. The van der Waals surface area contributed by atoms with Gasteiger partial charge in [-0.05, 0) is 19.4 Å². The first-order valence-electron chi connectivity index (χ1n) is 5.95. The van der Waals surface area contributed by atoms with Crippen LogP contribution in [-0.4, -0.2) is 17.3 Å². The van der Waals surface area contributed by atoms with Crippen molar-refractivity contribution in [1.82, 2.24) is 4.98 Å². The molecule has 1 aromatic heterocycles. The number of aliphatic imine (C=N–C) groups is 1. The summed E-state index contributed by atoms with van der Waals surface area (Å²) in [7, 11) is 0. The van der Waals surface area contributed by atoms with Gasteiger partial charge in [0.1, 0.15) is 5.75 Å². The van der Waals surface area contributed by atoms with Crippen LogP contribution in [-0.2, 0) is 0 Å². The first kappa shape index (κ1) is 12.3. The second-order valence-corrected chi connectivity index (χ2v) is 4.21. The summed E-state index contributed by atoms with van der Waals surface area (Å²) in [6, 6.07) is 11.8. The van der Waals surface area contributed by atoms with Crippen LogP contribution in [0.25, 0.3) is 0 Å². The first-order valence-corrected chi connectivity index (χ1v) is 5.95. The Morgan fingerprint density at radius 2 is 1.94 bits per heavy atom. The van der Waals surface area contributed by atoms with Gasteiger partial charge >= 0.3 is 0 Å². The zero-order valence-corrected chi connectivity index (χ0v) is 10.6. The molecule has 0 fully saturated rings. The molecule has 0 bridgehead atoms. The number of nitrogens with zero attached hydrogens (tertiary/aromatic N) is 2. The second-order valence-electron chi connectivity index (χ2n) is 4.21. The fourth-order valence-electron chi connectivity index (χ4n) is 1.50. The van der Waals surface area contributed by atoms with Crippen LogP contribution in [0.5, 0.6) is 5.75 Å². The predicted molar refractivity (Wildman–Crippen MR) is 73.7 cm³/mol. The Hall–Kier alpha value is -2.16. The van der Waals surface area contributed by atoms with Crippen molar-refractivity contribution < 1.29 is 4.74 Å². The van der Waals surface area contributed by atoms with E-state index in [0.29, 0.717) is 0 Å². The molecule has 0 N–H and O–H groups in total. The van der Waals surface area contributed by atoms with Crippen molar-refractivity contribution in [3.05, 3.63) is 54.4 Å². The Balaban J connectivity index is 2.12. The van der Waals surface area contributed by atoms with Crippen molar-refractivity contribution in [3.63, 3.8) is 0 Å². The summed E-state index contributed by atoms with van der Waals surface area (Å²) >= 11 is 0. The van der Waals surface area contributed by atoms with Crippen molar-refractivity contribution in [1.29, 1.82) is 0 Å². The Bertz CT molecular complexity index is 521. The normalized spacial score (nSPS) is 11.1. The number of hydrogen-bond acceptors (Lipinski definition) is 3. The summed E-state index contributed by atoms with van der Waals surface area (Å²) < 4.78 is 5.57. The summed E-state index contributed by atoms with van der Waals surface area (Å²) in [6.07, 6.45) is 5.37. The lowest BCUT2D eigenvalue weighted by Crippen LogP contribution is -2.05. The lowest BCUT2D eigenvalue weighted by molar-refractivity contribution is 0.241. The lowest BCUT2D eigenvalue weighted by atomic mass is 10.2. The van der Waals surface area contributed by atoms with Gasteiger partial charge in [0.15, 0.2) is 0 Å². The highest BCUT2D eigenvalue weighted by atomic mass is 16.5. The van der Waals surface area contributed by atoms with Gasteiger partial charge in [0.25, 0.3) is 0 Å². The monoisotopic (exact) mass is 240 g/mol. The summed E-state index contributed by atoms with van der Waals surface area (Å²) in [5, 5.41) is 0. The molecule has 18 heavy (non-hydrogen) atoms. The molecule has 0 aliphatic heterocycles. The van der Waals surface area contributed by atoms with E-state index in [1.807, 2.05) is 56.5 Å². The molecule has 0 atom stereocenters. The molecule has 0 unspecified atom stereocenters. The molecule has 0 aliphatic carbocycles. The zero-order valence-electron chi connectivity index (χ0n) is 10.6. The van der Waals surface area contributed by atoms with E-state index in [1.54, 1.807) is 12.4 Å². The SMILES string of the molecule is CC(C)Oc1cncc(/N=C/c2ccccc2)c1. The van der Waals surface area contributed by atoms with Gasteiger partial charge in [-0.25, -0.2) is 0 Å². The van der Waals surface area contributed by atoms with Gasteiger partial charge in [-0.3, -0.25) is 9.98 Å². The van der Waals surface area contributed by atoms with Crippen molar-refractivity contribution in [2.75, 3.05) is 0 Å². The van der Waals surface area contributed by atoms with Crippen LogP contribution in [0.2, 0.25) is 0 Å². The van der Waals surface area contributed by atoms with E-state index in [0.717, 1.165) is 17.0 Å². The highest BCUT2D eigenvalue weighted by molar-refractivity contribution is 5.81. The van der Waals surface area contributed by atoms with Gasteiger partial charge in [-0.1, -0.05) is 30.3 Å². The van der Waals surface area contributed by atoms with E-state index in [-0.39, 0.29) is 6.10 Å². The molecule has 3 nitrogen and oxygen atoms in total. The van der Waals surface area contributed by atoms with Crippen molar-refractivity contribution in [2.24, 2.45) is 4.99 Å². The smallest absolute Gasteiger partial charge is 0.140 e. The number of benzene rings is 1. The standard InChI is InChI=1S/C15H16N2O/c1-12(2)18-15-8-14(10-16-11-15)17-9-13-6-4-3-5-7-13/h3-12H,1-2H3/b17-9+. The number of aromatic nitrogens is 1. The number of hydrogen-bond donors (Lipinski definition) is 0. The Morgan fingerprint density at radius 1 is 1.17 bits per heavy atom. The molecule has 2 aromatic rings. The minimum absolute atomic E-state index is 0.139. The topological polar surface area (TPSA) is 34.5 Å². The zero-order chi connectivity index (χ0) is 12.8. The van der Waals surface area contributed by atoms with E-state index in [9.17, 15) is 0 Å². The Morgan fingerprint density at radius 3 is 2.67 bits per heavy atom. The molecule has 92 valence electrons. The Labute approximate surface area is 107 Å². The van der Waals surface area contributed by atoms with E-state index in [1.165, 1.54) is 0 Å². The fraction of sp³-hybridized carbons (Fsp3) is 0.200. The largest absolute Gasteiger partial charge is 0.489 e. The molecule has 0 spiro atoms. The van der Waals surface area contributed by atoms with Crippen LogP contribution in [0.3, 0.4) is 0 Å². The van der Waals surface area contributed by atoms with Crippen molar-refractivity contribution >= 4 is 11.9 Å². The van der Waals surface area contributed by atoms with Crippen LogP contribution in [0.1, 0.15) is 19.4 Å². The number of rotatable bonds is 4. The minimum atomic E-state index is 0.139. The molecular formula is C15H16N2O. The van der Waals surface area contributed by atoms with Gasteiger partial charge in [0, 0.05) is 12.3 Å². The Kier molecular flexibility index (Phi) is 4.07. The lowest BCUT2D eigenvalue weighted by Gasteiger charge is -2.08. The van der Waals surface area contributed by atoms with Gasteiger partial charge in [-0.2, -0.15) is 0 Å².